The first-order chi connectivity index (χ1) is 12.4. The van der Waals surface area contributed by atoms with Gasteiger partial charge in [0.15, 0.2) is 4.80 Å². The lowest BCUT2D eigenvalue weighted by atomic mass is 10.1. The highest BCUT2D eigenvalue weighted by atomic mass is 32.1. The molecule has 0 atom stereocenters. The molecule has 0 radical (unpaired) electrons. The van der Waals surface area contributed by atoms with Crippen molar-refractivity contribution < 1.29 is 0 Å². The molecule has 2 aromatic carbocycles. The lowest BCUT2D eigenvalue weighted by molar-refractivity contribution is 0.923. The van der Waals surface area contributed by atoms with Gasteiger partial charge in [-0.2, -0.15) is 0 Å². The van der Waals surface area contributed by atoms with Crippen molar-refractivity contribution in [2.24, 2.45) is 4.99 Å². The molecule has 0 unspecified atom stereocenters. The molecule has 4 heteroatoms. The third kappa shape index (κ3) is 3.44. The van der Waals surface area contributed by atoms with Crippen molar-refractivity contribution in [2.75, 3.05) is 0 Å². The topological polar surface area (TPSA) is 30.2 Å². The van der Waals surface area contributed by atoms with Crippen molar-refractivity contribution in [1.29, 1.82) is 0 Å². The van der Waals surface area contributed by atoms with Gasteiger partial charge in [0.05, 0.1) is 12.2 Å². The van der Waals surface area contributed by atoms with Crippen LogP contribution < -0.4 is 4.80 Å². The minimum atomic E-state index is 0.620. The highest BCUT2D eigenvalue weighted by Crippen LogP contribution is 2.23. The van der Waals surface area contributed by atoms with Gasteiger partial charge in [0, 0.05) is 23.5 Å². The molecule has 0 bridgehead atoms. The number of nitrogens with zero attached hydrogens (tertiary/aromatic N) is 3. The van der Waals surface area contributed by atoms with Crippen molar-refractivity contribution in [3.8, 4) is 16.9 Å². The molecule has 0 aliphatic heterocycles. The van der Waals surface area contributed by atoms with Crippen LogP contribution in [-0.4, -0.2) is 9.55 Å². The smallest absolute Gasteiger partial charge is 0.190 e. The SMILES string of the molecule is c1ccc(-c2csc(=NCc3cccnc3)n2-c2ccccc2)cc1. The van der Waals surface area contributed by atoms with Crippen LogP contribution in [0, 0.1) is 0 Å². The quantitative estimate of drug-likeness (QED) is 0.528. The third-order valence-corrected chi connectivity index (χ3v) is 4.78. The Morgan fingerprint density at radius 1 is 0.880 bits per heavy atom. The minimum absolute atomic E-state index is 0.620. The van der Waals surface area contributed by atoms with E-state index in [0.29, 0.717) is 6.54 Å². The summed E-state index contributed by atoms with van der Waals surface area (Å²) in [4.78, 5) is 9.99. The highest BCUT2D eigenvalue weighted by molar-refractivity contribution is 7.07. The fraction of sp³-hybridized carbons (Fsp3) is 0.0476. The average Bonchev–Trinajstić information content (AvgIpc) is 3.12. The standard InChI is InChI=1S/C21H17N3S/c1-3-9-18(10-4-1)20-16-25-21(23-15-17-8-7-13-22-14-17)24(20)19-11-5-2-6-12-19/h1-14,16H,15H2. The van der Waals surface area contributed by atoms with Crippen molar-refractivity contribution in [3.63, 3.8) is 0 Å². The Morgan fingerprint density at radius 2 is 1.64 bits per heavy atom. The summed E-state index contributed by atoms with van der Waals surface area (Å²) < 4.78 is 2.22. The molecule has 2 aromatic heterocycles. The first-order valence-corrected chi connectivity index (χ1v) is 9.00. The molecule has 0 amide bonds. The van der Waals surface area contributed by atoms with E-state index in [1.54, 1.807) is 17.5 Å². The molecule has 0 N–H and O–H groups in total. The van der Waals surface area contributed by atoms with E-state index in [1.807, 2.05) is 24.4 Å². The molecule has 0 saturated heterocycles. The predicted molar refractivity (Wildman–Crippen MR) is 103 cm³/mol. The minimum Gasteiger partial charge on any atom is -0.285 e. The number of benzene rings is 2. The van der Waals surface area contributed by atoms with Gasteiger partial charge in [0.25, 0.3) is 0 Å². The first-order valence-electron chi connectivity index (χ1n) is 8.12. The predicted octanol–water partition coefficient (Wildman–Crippen LogP) is 4.70. The normalized spacial score (nSPS) is 11.6. The van der Waals surface area contributed by atoms with Gasteiger partial charge in [-0.25, -0.2) is 0 Å². The van der Waals surface area contributed by atoms with Crippen LogP contribution in [0.25, 0.3) is 16.9 Å². The number of hydrogen-bond donors (Lipinski definition) is 0. The Balaban J connectivity index is 1.84. The number of pyridine rings is 1. The summed E-state index contributed by atoms with van der Waals surface area (Å²) >= 11 is 1.66. The molecular formula is C21H17N3S. The molecule has 0 saturated carbocycles. The summed E-state index contributed by atoms with van der Waals surface area (Å²) in [6.07, 6.45) is 3.65. The van der Waals surface area contributed by atoms with E-state index < -0.39 is 0 Å². The summed E-state index contributed by atoms with van der Waals surface area (Å²) in [5, 5.41) is 2.17. The first kappa shape index (κ1) is 15.5. The summed E-state index contributed by atoms with van der Waals surface area (Å²) in [7, 11) is 0. The van der Waals surface area contributed by atoms with Crippen molar-refractivity contribution in [3.05, 3.63) is 101 Å². The highest BCUT2D eigenvalue weighted by Gasteiger charge is 2.09. The Bertz CT molecular complexity index is 1000. The second kappa shape index (κ2) is 7.28. The Hall–Kier alpha value is -2.98. The average molecular weight is 343 g/mol. The van der Waals surface area contributed by atoms with Gasteiger partial charge in [0.2, 0.25) is 0 Å². The zero-order valence-electron chi connectivity index (χ0n) is 13.6. The maximum atomic E-state index is 4.84. The number of rotatable bonds is 4. The van der Waals surface area contributed by atoms with E-state index in [2.05, 4.69) is 69.5 Å². The maximum absolute atomic E-state index is 4.84. The summed E-state index contributed by atoms with van der Waals surface area (Å²) in [6, 6.07) is 24.8. The fourth-order valence-corrected chi connectivity index (χ4v) is 3.61. The molecule has 0 aliphatic rings. The number of aromatic nitrogens is 2. The van der Waals surface area contributed by atoms with E-state index in [1.165, 1.54) is 5.56 Å². The van der Waals surface area contributed by atoms with Crippen LogP contribution in [0.1, 0.15) is 5.56 Å². The van der Waals surface area contributed by atoms with Crippen LogP contribution in [0.5, 0.6) is 0 Å². The van der Waals surface area contributed by atoms with Gasteiger partial charge >= 0.3 is 0 Å². The zero-order chi connectivity index (χ0) is 16.9. The van der Waals surface area contributed by atoms with Crippen LogP contribution >= 0.6 is 11.3 Å². The molecule has 0 spiro atoms. The summed E-state index contributed by atoms with van der Waals surface area (Å²) in [6.45, 7) is 0.620. The largest absolute Gasteiger partial charge is 0.285 e. The van der Waals surface area contributed by atoms with Crippen molar-refractivity contribution in [2.45, 2.75) is 6.54 Å². The van der Waals surface area contributed by atoms with E-state index in [0.717, 1.165) is 21.7 Å². The zero-order valence-corrected chi connectivity index (χ0v) is 14.4. The van der Waals surface area contributed by atoms with Crippen LogP contribution in [0.4, 0.5) is 0 Å². The molecule has 25 heavy (non-hydrogen) atoms. The Morgan fingerprint density at radius 3 is 2.36 bits per heavy atom. The molecule has 0 fully saturated rings. The monoisotopic (exact) mass is 343 g/mol. The number of thiazole rings is 1. The molecule has 122 valence electrons. The van der Waals surface area contributed by atoms with Crippen molar-refractivity contribution in [1.82, 2.24) is 9.55 Å². The lowest BCUT2D eigenvalue weighted by Gasteiger charge is -2.09. The number of para-hydroxylation sites is 1. The fourth-order valence-electron chi connectivity index (χ4n) is 2.71. The molecule has 2 heterocycles. The Kier molecular flexibility index (Phi) is 4.53. The van der Waals surface area contributed by atoms with Gasteiger partial charge in [-0.3, -0.25) is 14.5 Å². The van der Waals surface area contributed by atoms with Crippen LogP contribution in [0.15, 0.2) is 95.6 Å². The van der Waals surface area contributed by atoms with E-state index in [4.69, 9.17) is 4.99 Å². The number of hydrogen-bond acceptors (Lipinski definition) is 3. The lowest BCUT2D eigenvalue weighted by Crippen LogP contribution is -2.14. The summed E-state index contributed by atoms with van der Waals surface area (Å²) in [5.74, 6) is 0. The second-order valence-corrected chi connectivity index (χ2v) is 6.45. The van der Waals surface area contributed by atoms with Crippen molar-refractivity contribution >= 4 is 11.3 Å². The molecular weight excluding hydrogens is 326 g/mol. The van der Waals surface area contributed by atoms with Gasteiger partial charge in [-0.05, 0) is 29.3 Å². The van der Waals surface area contributed by atoms with E-state index >= 15 is 0 Å². The molecule has 4 rings (SSSR count). The summed E-state index contributed by atoms with van der Waals surface area (Å²) in [5.41, 5.74) is 4.57. The second-order valence-electron chi connectivity index (χ2n) is 5.62. The molecule has 4 aromatic rings. The molecule has 0 aliphatic carbocycles. The van der Waals surface area contributed by atoms with Crippen LogP contribution in [-0.2, 0) is 6.54 Å². The van der Waals surface area contributed by atoms with Crippen LogP contribution in [0.2, 0.25) is 0 Å². The third-order valence-electron chi connectivity index (χ3n) is 3.91. The maximum Gasteiger partial charge on any atom is 0.190 e. The van der Waals surface area contributed by atoms with Gasteiger partial charge in [0.1, 0.15) is 0 Å². The molecule has 3 nitrogen and oxygen atoms in total. The Labute approximate surface area is 150 Å². The van der Waals surface area contributed by atoms with E-state index in [9.17, 15) is 0 Å². The van der Waals surface area contributed by atoms with Gasteiger partial charge < -0.3 is 0 Å². The van der Waals surface area contributed by atoms with Gasteiger partial charge in [-0.15, -0.1) is 11.3 Å². The van der Waals surface area contributed by atoms with Gasteiger partial charge in [-0.1, -0.05) is 54.6 Å². The van der Waals surface area contributed by atoms with Crippen LogP contribution in [0.3, 0.4) is 0 Å². The van der Waals surface area contributed by atoms with E-state index in [-0.39, 0.29) is 0 Å².